The molecule has 24 heavy (non-hydrogen) atoms. The number of ether oxygens (including phenoxy) is 1. The van der Waals surface area contributed by atoms with Gasteiger partial charge in [-0.15, -0.1) is 0 Å². The highest BCUT2D eigenvalue weighted by Crippen LogP contribution is 2.24. The van der Waals surface area contributed by atoms with Gasteiger partial charge in [-0.1, -0.05) is 31.9 Å². The highest BCUT2D eigenvalue weighted by Gasteiger charge is 2.23. The third-order valence-corrected chi connectivity index (χ3v) is 4.36. The average molecular weight is 326 g/mol. The van der Waals surface area contributed by atoms with Gasteiger partial charge >= 0.3 is 0 Å². The van der Waals surface area contributed by atoms with Crippen LogP contribution in [0.25, 0.3) is 6.08 Å². The molecule has 128 valence electrons. The Kier molecular flexibility index (Phi) is 6.43. The molecule has 4 heteroatoms. The Bertz CT molecular complexity index is 626. The number of nitrogens with one attached hydrogen (secondary N) is 1. The Morgan fingerprint density at radius 1 is 1.29 bits per heavy atom. The Labute approximate surface area is 144 Å². The van der Waals surface area contributed by atoms with Crippen molar-refractivity contribution in [1.82, 2.24) is 5.32 Å². The Balaban J connectivity index is 2.05. The van der Waals surface area contributed by atoms with E-state index >= 15 is 0 Å². The number of benzene rings is 1. The van der Waals surface area contributed by atoms with Gasteiger partial charge in [-0.2, -0.15) is 5.26 Å². The highest BCUT2D eigenvalue weighted by atomic mass is 16.5. The molecule has 0 unspecified atom stereocenters. The molecule has 1 aromatic rings. The fourth-order valence-electron chi connectivity index (χ4n) is 3.01. The average Bonchev–Trinajstić information content (AvgIpc) is 2.55. The summed E-state index contributed by atoms with van der Waals surface area (Å²) in [6.07, 6.45) is 6.23. The second-order valence-electron chi connectivity index (χ2n) is 6.75. The molecule has 0 radical (unpaired) electrons. The van der Waals surface area contributed by atoms with Crippen molar-refractivity contribution in [3.8, 4) is 11.8 Å². The summed E-state index contributed by atoms with van der Waals surface area (Å²) in [4.78, 5) is 12.4. The predicted octanol–water partition coefficient (Wildman–Crippen LogP) is 4.08. The monoisotopic (exact) mass is 326 g/mol. The summed E-state index contributed by atoms with van der Waals surface area (Å²) >= 11 is 0. The van der Waals surface area contributed by atoms with E-state index in [0.29, 0.717) is 5.92 Å². The zero-order valence-electron chi connectivity index (χ0n) is 14.7. The number of amides is 1. The first kappa shape index (κ1) is 18.1. The molecule has 1 aromatic carbocycles. The lowest BCUT2D eigenvalue weighted by atomic mass is 9.86. The molecular weight excluding hydrogens is 300 g/mol. The van der Waals surface area contributed by atoms with Crippen molar-refractivity contribution < 1.29 is 9.53 Å². The third kappa shape index (κ3) is 5.13. The van der Waals surface area contributed by atoms with Crippen LogP contribution in [0.4, 0.5) is 0 Å². The van der Waals surface area contributed by atoms with Crippen molar-refractivity contribution in [1.29, 1.82) is 5.26 Å². The minimum absolute atomic E-state index is 0.115. The molecular formula is C20H26N2O2. The van der Waals surface area contributed by atoms with Crippen LogP contribution in [0.3, 0.4) is 0 Å². The van der Waals surface area contributed by atoms with E-state index in [-0.39, 0.29) is 23.6 Å². The highest BCUT2D eigenvalue weighted by molar-refractivity contribution is 6.01. The summed E-state index contributed by atoms with van der Waals surface area (Å²) in [5, 5.41) is 12.3. The number of nitriles is 1. The van der Waals surface area contributed by atoms with Crippen LogP contribution in [0.5, 0.6) is 5.75 Å². The topological polar surface area (TPSA) is 62.1 Å². The molecule has 1 saturated carbocycles. The number of hydrogen-bond donors (Lipinski definition) is 1. The van der Waals surface area contributed by atoms with Gasteiger partial charge in [0.25, 0.3) is 5.91 Å². The quantitative estimate of drug-likeness (QED) is 0.655. The van der Waals surface area contributed by atoms with Crippen molar-refractivity contribution in [2.75, 3.05) is 0 Å². The molecule has 0 spiro atoms. The van der Waals surface area contributed by atoms with E-state index in [1.165, 1.54) is 6.42 Å². The van der Waals surface area contributed by atoms with E-state index in [1.54, 1.807) is 6.08 Å². The lowest BCUT2D eigenvalue weighted by Crippen LogP contribution is -2.41. The van der Waals surface area contributed by atoms with E-state index in [1.807, 2.05) is 44.2 Å². The zero-order valence-corrected chi connectivity index (χ0v) is 14.7. The standard InChI is InChI=1S/C20H26N2O2/c1-14(2)24-18-10-8-16(9-11-18)12-17(13-21)20(23)22-19-7-5-4-6-15(19)3/h8-12,14-15,19H,4-7H2,1-3H3,(H,22,23)/b17-12+/t15-,19-/m1/s1. The second kappa shape index (κ2) is 8.54. The summed E-state index contributed by atoms with van der Waals surface area (Å²) in [5.74, 6) is 0.968. The normalized spacial score (nSPS) is 21.2. The summed E-state index contributed by atoms with van der Waals surface area (Å²) in [6, 6.07) is 9.59. The van der Waals surface area contributed by atoms with Gasteiger partial charge in [0, 0.05) is 6.04 Å². The molecule has 0 aliphatic heterocycles. The van der Waals surface area contributed by atoms with Crippen LogP contribution in [0.1, 0.15) is 52.0 Å². The predicted molar refractivity (Wildman–Crippen MR) is 95.4 cm³/mol. The smallest absolute Gasteiger partial charge is 0.262 e. The van der Waals surface area contributed by atoms with Crippen LogP contribution in [0.2, 0.25) is 0 Å². The molecule has 4 nitrogen and oxygen atoms in total. The van der Waals surface area contributed by atoms with Gasteiger partial charge in [0.05, 0.1) is 6.10 Å². The van der Waals surface area contributed by atoms with E-state index < -0.39 is 0 Å². The minimum Gasteiger partial charge on any atom is -0.491 e. The summed E-state index contributed by atoms with van der Waals surface area (Å²) in [7, 11) is 0. The molecule has 2 rings (SSSR count). The lowest BCUT2D eigenvalue weighted by Gasteiger charge is -2.29. The first-order chi connectivity index (χ1) is 11.5. The third-order valence-electron chi connectivity index (χ3n) is 4.36. The summed E-state index contributed by atoms with van der Waals surface area (Å²) in [6.45, 7) is 6.10. The fourth-order valence-corrected chi connectivity index (χ4v) is 3.01. The van der Waals surface area contributed by atoms with Crippen molar-refractivity contribution in [2.45, 2.75) is 58.6 Å². The Hall–Kier alpha value is -2.28. The molecule has 1 N–H and O–H groups in total. The number of carbonyl (C=O) groups excluding carboxylic acids is 1. The van der Waals surface area contributed by atoms with E-state index in [9.17, 15) is 10.1 Å². The van der Waals surface area contributed by atoms with Crippen molar-refractivity contribution >= 4 is 12.0 Å². The maximum absolute atomic E-state index is 12.4. The molecule has 0 bridgehead atoms. The van der Waals surface area contributed by atoms with E-state index in [2.05, 4.69) is 12.2 Å². The molecule has 0 aromatic heterocycles. The SMILES string of the molecule is CC(C)Oc1ccc(/C=C(\C#N)C(=O)N[C@@H]2CCCC[C@H]2C)cc1. The Morgan fingerprint density at radius 3 is 2.54 bits per heavy atom. The number of hydrogen-bond acceptors (Lipinski definition) is 3. The molecule has 1 aliphatic rings. The van der Waals surface area contributed by atoms with Gasteiger partial charge in [0.1, 0.15) is 17.4 Å². The van der Waals surface area contributed by atoms with Crippen molar-refractivity contribution in [2.24, 2.45) is 5.92 Å². The number of rotatable bonds is 5. The maximum atomic E-state index is 12.4. The Morgan fingerprint density at radius 2 is 1.96 bits per heavy atom. The van der Waals surface area contributed by atoms with Gasteiger partial charge in [0.15, 0.2) is 0 Å². The van der Waals surface area contributed by atoms with Gasteiger partial charge in [-0.25, -0.2) is 0 Å². The van der Waals surface area contributed by atoms with Crippen LogP contribution >= 0.6 is 0 Å². The zero-order chi connectivity index (χ0) is 17.5. The van der Waals surface area contributed by atoms with Gasteiger partial charge in [0.2, 0.25) is 0 Å². The van der Waals surface area contributed by atoms with Gasteiger partial charge in [-0.05, 0) is 56.4 Å². The fraction of sp³-hybridized carbons (Fsp3) is 0.500. The van der Waals surface area contributed by atoms with E-state index in [4.69, 9.17) is 4.74 Å². The van der Waals surface area contributed by atoms with E-state index in [0.717, 1.165) is 30.6 Å². The number of nitrogens with zero attached hydrogens (tertiary/aromatic N) is 1. The van der Waals surface area contributed by atoms with Crippen LogP contribution in [-0.2, 0) is 4.79 Å². The van der Waals surface area contributed by atoms with Gasteiger partial charge in [-0.3, -0.25) is 4.79 Å². The van der Waals surface area contributed by atoms with Crippen LogP contribution in [0.15, 0.2) is 29.8 Å². The molecule has 0 heterocycles. The molecule has 0 saturated heterocycles. The van der Waals surface area contributed by atoms with Crippen molar-refractivity contribution in [3.63, 3.8) is 0 Å². The first-order valence-corrected chi connectivity index (χ1v) is 8.69. The van der Waals surface area contributed by atoms with Gasteiger partial charge < -0.3 is 10.1 Å². The molecule has 1 amide bonds. The first-order valence-electron chi connectivity index (χ1n) is 8.69. The maximum Gasteiger partial charge on any atom is 0.262 e. The summed E-state index contributed by atoms with van der Waals surface area (Å²) in [5.41, 5.74) is 0.958. The van der Waals surface area contributed by atoms with Crippen LogP contribution in [0, 0.1) is 17.2 Å². The van der Waals surface area contributed by atoms with Crippen LogP contribution < -0.4 is 10.1 Å². The summed E-state index contributed by atoms with van der Waals surface area (Å²) < 4.78 is 5.60. The second-order valence-corrected chi connectivity index (χ2v) is 6.75. The van der Waals surface area contributed by atoms with Crippen LogP contribution in [-0.4, -0.2) is 18.1 Å². The van der Waals surface area contributed by atoms with Crippen molar-refractivity contribution in [3.05, 3.63) is 35.4 Å². The molecule has 1 aliphatic carbocycles. The largest absolute Gasteiger partial charge is 0.491 e. The lowest BCUT2D eigenvalue weighted by molar-refractivity contribution is -0.118. The number of carbonyl (C=O) groups is 1. The minimum atomic E-state index is -0.279. The molecule has 1 fully saturated rings. The molecule has 2 atom stereocenters.